The van der Waals surface area contributed by atoms with Gasteiger partial charge in [-0.2, -0.15) is 0 Å². The number of pyridine rings is 4. The number of hydrogen-bond acceptors (Lipinski definition) is 4. The van der Waals surface area contributed by atoms with Crippen molar-refractivity contribution in [3.8, 4) is 90.0 Å². The number of rotatable bonds is 10. The molecule has 24 aromatic rings. The van der Waals surface area contributed by atoms with E-state index in [4.69, 9.17) is 9.97 Å². The van der Waals surface area contributed by atoms with Gasteiger partial charge in [-0.1, -0.05) is 267 Å². The monoisotopic (exact) mass is 1480 g/mol. The van der Waals surface area contributed by atoms with E-state index in [-0.39, 0.29) is 0 Å². The molecule has 0 radical (unpaired) electrons. The van der Waals surface area contributed by atoms with Crippen molar-refractivity contribution in [2.75, 3.05) is 0 Å². The molecule has 0 aliphatic rings. The maximum atomic E-state index is 5.33. The van der Waals surface area contributed by atoms with Crippen LogP contribution in [0.5, 0.6) is 0 Å². The summed E-state index contributed by atoms with van der Waals surface area (Å²) < 4.78 is 9.40. The SMILES string of the molecule is c1ccc(-c2cc(-c3ccccc3)nc(-n3c4ccncc4c4cc(-c5ccc6c(c5)c5ccccc5n6-c5ccc6c7ccccc7c7ccccc7c6c5)ccc43)c2)cc1.c1ccc(-c2cc(-c3ccccc3)nc(-n3c4ccncc4c4cc(-c5ccc6c(c5)c5ccccc5n6-c5ccc6ccccc6c5)ccc43)c2)cc1. The first-order valence-corrected chi connectivity index (χ1v) is 39.4. The molecule has 0 amide bonds. The van der Waals surface area contributed by atoms with Gasteiger partial charge in [-0.05, 0) is 209 Å². The molecule has 8 heteroatoms. The second-order valence-corrected chi connectivity index (χ2v) is 30.1. The predicted molar refractivity (Wildman–Crippen MR) is 484 cm³/mol. The van der Waals surface area contributed by atoms with E-state index < -0.39 is 0 Å². The second-order valence-electron chi connectivity index (χ2n) is 30.1. The van der Waals surface area contributed by atoms with Gasteiger partial charge in [-0.15, -0.1) is 0 Å². The van der Waals surface area contributed by atoms with Crippen molar-refractivity contribution < 1.29 is 0 Å². The third-order valence-electron chi connectivity index (χ3n) is 23.6. The van der Waals surface area contributed by atoms with Gasteiger partial charge in [-0.3, -0.25) is 19.1 Å². The van der Waals surface area contributed by atoms with E-state index in [0.29, 0.717) is 0 Å². The molecular weight excluding hydrogens is 1410 g/mol. The van der Waals surface area contributed by atoms with E-state index >= 15 is 0 Å². The number of aromatic nitrogens is 8. The standard InChI is InChI=1S/C58H36N4.C50H32N4/c1-3-13-37(14-4-1)41-33-53(38-15-5-2-6-16-38)60-58(34-41)62-56-28-24-40(32-51(56)52-36-59-30-29-57(52)62)39-23-27-55-50(31-39)48-21-11-12-22-54(48)61(55)42-25-26-47-45-19-8-7-17-43(45)44-18-9-10-20-46(44)49(47)35-42;1-3-11-33(12-4-1)39-30-45(35-14-5-2-6-15-35)52-50(31-39)54-48-24-21-38(29-43(48)44-32-51-26-25-49(44)54)37-20-23-47-42(28-37)41-17-9-10-18-46(41)53(47)40-22-19-34-13-7-8-16-36(34)27-40/h1-36H;1-32H. The van der Waals surface area contributed by atoms with Crippen LogP contribution in [0, 0.1) is 0 Å². The lowest BCUT2D eigenvalue weighted by Gasteiger charge is -2.14. The van der Waals surface area contributed by atoms with Crippen LogP contribution in [0.15, 0.2) is 413 Å². The van der Waals surface area contributed by atoms with Crippen LogP contribution in [-0.4, -0.2) is 38.2 Å². The Morgan fingerprint density at radius 1 is 0.164 bits per heavy atom. The Kier molecular flexibility index (Phi) is 15.5. The Balaban J connectivity index is 0.000000138. The molecule has 116 heavy (non-hydrogen) atoms. The highest BCUT2D eigenvalue weighted by atomic mass is 15.1. The summed E-state index contributed by atoms with van der Waals surface area (Å²) in [6.45, 7) is 0. The fraction of sp³-hybridized carbons (Fsp3) is 0. The molecule has 8 heterocycles. The van der Waals surface area contributed by atoms with Gasteiger partial charge in [0.15, 0.2) is 0 Å². The molecule has 0 bridgehead atoms. The van der Waals surface area contributed by atoms with Gasteiger partial charge in [0, 0.05) is 90.4 Å². The third-order valence-corrected chi connectivity index (χ3v) is 23.6. The van der Waals surface area contributed by atoms with Crippen molar-refractivity contribution in [3.05, 3.63) is 413 Å². The first-order chi connectivity index (χ1) is 57.5. The minimum atomic E-state index is 0.869. The molecule has 0 fully saturated rings. The van der Waals surface area contributed by atoms with Gasteiger partial charge in [0.1, 0.15) is 11.6 Å². The zero-order valence-corrected chi connectivity index (χ0v) is 62.8. The zero-order chi connectivity index (χ0) is 76.3. The normalized spacial score (nSPS) is 11.8. The summed E-state index contributed by atoms with van der Waals surface area (Å²) in [4.78, 5) is 19.8. The summed E-state index contributed by atoms with van der Waals surface area (Å²) in [5.41, 5.74) is 24.6. The molecule has 0 saturated heterocycles. The summed E-state index contributed by atoms with van der Waals surface area (Å²) >= 11 is 0. The highest BCUT2D eigenvalue weighted by Crippen LogP contribution is 2.45. The molecule has 0 saturated carbocycles. The Labute approximate surface area is 667 Å². The molecule has 0 spiro atoms. The molecule has 8 nitrogen and oxygen atoms in total. The number of benzene rings is 16. The molecule has 0 N–H and O–H groups in total. The first kappa shape index (κ1) is 66.2. The maximum Gasteiger partial charge on any atom is 0.138 e. The lowest BCUT2D eigenvalue weighted by Crippen LogP contribution is -2.00. The summed E-state index contributed by atoms with van der Waals surface area (Å²) in [6.07, 6.45) is 7.72. The highest BCUT2D eigenvalue weighted by molar-refractivity contribution is 6.26. The van der Waals surface area contributed by atoms with E-state index in [9.17, 15) is 0 Å². The van der Waals surface area contributed by atoms with Gasteiger partial charge in [0.25, 0.3) is 0 Å². The third kappa shape index (κ3) is 11.0. The highest BCUT2D eigenvalue weighted by Gasteiger charge is 2.23. The van der Waals surface area contributed by atoms with Gasteiger partial charge >= 0.3 is 0 Å². The molecule has 0 atom stereocenters. The van der Waals surface area contributed by atoms with Gasteiger partial charge in [-0.25, -0.2) is 9.97 Å². The smallest absolute Gasteiger partial charge is 0.138 e. The van der Waals surface area contributed by atoms with Gasteiger partial charge in [0.2, 0.25) is 0 Å². The van der Waals surface area contributed by atoms with E-state index in [2.05, 4.69) is 404 Å². The van der Waals surface area contributed by atoms with Crippen LogP contribution >= 0.6 is 0 Å². The lowest BCUT2D eigenvalue weighted by molar-refractivity contribution is 1.08. The summed E-state index contributed by atoms with van der Waals surface area (Å²) in [7, 11) is 0. The lowest BCUT2D eigenvalue weighted by atomic mass is 9.94. The molecular formula is C108H68N8. The summed E-state index contributed by atoms with van der Waals surface area (Å²) in [6, 6.07) is 140. The van der Waals surface area contributed by atoms with E-state index in [0.717, 1.165) is 123 Å². The summed E-state index contributed by atoms with van der Waals surface area (Å²) in [5.74, 6) is 1.74. The van der Waals surface area contributed by atoms with Crippen LogP contribution in [0.3, 0.4) is 0 Å². The first-order valence-electron chi connectivity index (χ1n) is 39.4. The molecule has 540 valence electrons. The molecule has 0 unspecified atom stereocenters. The quantitative estimate of drug-likeness (QED) is 0.128. The van der Waals surface area contributed by atoms with Gasteiger partial charge in [0.05, 0.1) is 55.5 Å². The average Bonchev–Trinajstić information content (AvgIpc) is 1.50. The van der Waals surface area contributed by atoms with Crippen molar-refractivity contribution in [3.63, 3.8) is 0 Å². The summed E-state index contributed by atoms with van der Waals surface area (Å²) in [5, 5.41) is 19.5. The van der Waals surface area contributed by atoms with Crippen LogP contribution in [0.25, 0.3) is 220 Å². The van der Waals surface area contributed by atoms with Crippen LogP contribution in [0.2, 0.25) is 0 Å². The average molecular weight is 1480 g/mol. The molecule has 0 aliphatic heterocycles. The Morgan fingerprint density at radius 2 is 0.491 bits per heavy atom. The fourth-order valence-electron chi connectivity index (χ4n) is 18.2. The Morgan fingerprint density at radius 3 is 0.940 bits per heavy atom. The van der Waals surface area contributed by atoms with Crippen LogP contribution in [0.1, 0.15) is 0 Å². The number of hydrogen-bond donors (Lipinski definition) is 0. The van der Waals surface area contributed by atoms with Crippen molar-refractivity contribution in [1.29, 1.82) is 0 Å². The molecule has 16 aromatic carbocycles. The molecule has 24 rings (SSSR count). The van der Waals surface area contributed by atoms with E-state index in [1.165, 1.54) is 97.8 Å². The predicted octanol–water partition coefficient (Wildman–Crippen LogP) is 28.0. The van der Waals surface area contributed by atoms with Crippen LogP contribution in [-0.2, 0) is 0 Å². The molecule has 0 aliphatic carbocycles. The minimum absolute atomic E-state index is 0.869. The van der Waals surface area contributed by atoms with Crippen molar-refractivity contribution in [1.82, 2.24) is 38.2 Å². The number of nitrogens with zero attached hydrogens (tertiary/aromatic N) is 8. The topological polar surface area (TPSA) is 71.3 Å². The minimum Gasteiger partial charge on any atom is -0.309 e. The van der Waals surface area contributed by atoms with E-state index in [1.54, 1.807) is 0 Å². The van der Waals surface area contributed by atoms with Crippen molar-refractivity contribution >= 4 is 130 Å². The maximum absolute atomic E-state index is 5.33. The van der Waals surface area contributed by atoms with Crippen molar-refractivity contribution in [2.24, 2.45) is 0 Å². The van der Waals surface area contributed by atoms with Crippen LogP contribution in [0.4, 0.5) is 0 Å². The van der Waals surface area contributed by atoms with E-state index in [1.807, 2.05) is 36.9 Å². The Hall–Kier alpha value is -15.6. The number of fused-ring (bicyclic) bond motifs is 19. The second kappa shape index (κ2) is 27.1. The Bertz CT molecular complexity index is 7920. The fourth-order valence-corrected chi connectivity index (χ4v) is 18.2. The van der Waals surface area contributed by atoms with Crippen LogP contribution < -0.4 is 0 Å². The number of para-hydroxylation sites is 2. The zero-order valence-electron chi connectivity index (χ0n) is 62.8. The van der Waals surface area contributed by atoms with Crippen molar-refractivity contribution in [2.45, 2.75) is 0 Å². The largest absolute Gasteiger partial charge is 0.309 e. The van der Waals surface area contributed by atoms with Gasteiger partial charge < -0.3 is 9.13 Å². The molecule has 8 aromatic heterocycles.